The molecule has 0 spiro atoms. The second kappa shape index (κ2) is 18.6. The van der Waals surface area contributed by atoms with Crippen LogP contribution in [0.2, 0.25) is 19.6 Å². The van der Waals surface area contributed by atoms with Crippen LogP contribution in [-0.4, -0.2) is 18.0 Å². The molecule has 0 amide bonds. The quantitative estimate of drug-likeness (QED) is 0.112. The molecule has 60 heavy (non-hydrogen) atoms. The number of benzene rings is 5. The first kappa shape index (κ1) is 45.0. The summed E-state index contributed by atoms with van der Waals surface area (Å²) in [5.74, 6) is 1.11. The Morgan fingerprint density at radius 1 is 0.683 bits per heavy atom. The molecule has 8 rings (SSSR count). The molecule has 5 heteroatoms. The van der Waals surface area contributed by atoms with Gasteiger partial charge in [0.05, 0.1) is 8.07 Å². The number of fused-ring (bicyclic) bond motifs is 3. The molecular weight excluding hydrogens is 941 g/mol. The van der Waals surface area contributed by atoms with E-state index in [0.717, 1.165) is 28.9 Å². The summed E-state index contributed by atoms with van der Waals surface area (Å²) in [6.45, 7) is 25.1. The smallest absolute Gasteiger partial charge is 0.0799 e. The van der Waals surface area contributed by atoms with Gasteiger partial charge in [-0.2, -0.15) is 11.3 Å². The van der Waals surface area contributed by atoms with Crippen molar-refractivity contribution in [1.82, 2.24) is 9.97 Å². The zero-order valence-corrected chi connectivity index (χ0v) is 41.3. The molecule has 0 aliphatic carbocycles. The first-order valence-electron chi connectivity index (χ1n) is 21.0. The molecule has 0 saturated heterocycles. The van der Waals surface area contributed by atoms with Crippen molar-refractivity contribution in [2.45, 2.75) is 92.8 Å². The van der Waals surface area contributed by atoms with Gasteiger partial charge in [0.15, 0.2) is 0 Å². The summed E-state index contributed by atoms with van der Waals surface area (Å²) in [6, 6.07) is 48.7. The van der Waals surface area contributed by atoms with Gasteiger partial charge in [-0.25, -0.2) is 0 Å². The van der Waals surface area contributed by atoms with E-state index in [1.54, 1.807) is 0 Å². The van der Waals surface area contributed by atoms with Crippen LogP contribution < -0.4 is 5.19 Å². The van der Waals surface area contributed by atoms with E-state index in [-0.39, 0.29) is 25.5 Å². The summed E-state index contributed by atoms with van der Waals surface area (Å²) in [4.78, 5) is 9.51. The fourth-order valence-corrected chi connectivity index (χ4v) is 10.5. The van der Waals surface area contributed by atoms with Gasteiger partial charge < -0.3 is 9.97 Å². The minimum absolute atomic E-state index is 0. The van der Waals surface area contributed by atoms with E-state index in [1.807, 2.05) is 23.6 Å². The summed E-state index contributed by atoms with van der Waals surface area (Å²) in [5.41, 5.74) is 14.9. The number of hydrogen-bond acceptors (Lipinski definition) is 3. The molecule has 8 aromatic rings. The van der Waals surface area contributed by atoms with Crippen molar-refractivity contribution in [1.29, 1.82) is 0 Å². The maximum absolute atomic E-state index is 4.84. The van der Waals surface area contributed by atoms with Crippen LogP contribution in [-0.2, 0) is 31.9 Å². The Hall–Kier alpha value is -4.51. The maximum atomic E-state index is 4.84. The van der Waals surface area contributed by atoms with Crippen molar-refractivity contribution in [3.8, 4) is 33.6 Å². The van der Waals surface area contributed by atoms with Gasteiger partial charge in [-0.3, -0.25) is 0 Å². The average Bonchev–Trinajstić information content (AvgIpc) is 3.57. The van der Waals surface area contributed by atoms with Gasteiger partial charge in [-0.1, -0.05) is 162 Å². The zero-order chi connectivity index (χ0) is 42.1. The molecule has 0 N–H and O–H groups in total. The monoisotopic (exact) mass is 999 g/mol. The Kier molecular flexibility index (Phi) is 14.0. The normalized spacial score (nSPS) is 12.3. The molecule has 0 aliphatic rings. The first-order valence-corrected chi connectivity index (χ1v) is 25.3. The van der Waals surface area contributed by atoms with Crippen molar-refractivity contribution in [2.24, 2.45) is 5.92 Å². The molecular formula is C55H58IrN2SSi-2. The third kappa shape index (κ3) is 10.5. The van der Waals surface area contributed by atoms with Gasteiger partial charge in [-0.05, 0) is 93.0 Å². The molecule has 0 aliphatic heterocycles. The molecule has 0 bridgehead atoms. The maximum Gasteiger partial charge on any atom is 0.0799 e. The Labute approximate surface area is 377 Å². The second-order valence-corrected chi connectivity index (χ2v) is 24.8. The van der Waals surface area contributed by atoms with Gasteiger partial charge in [-0.15, -0.1) is 59.2 Å². The van der Waals surface area contributed by atoms with Crippen LogP contribution in [0.5, 0.6) is 0 Å². The fraction of sp³-hybridized carbons (Fsp3) is 0.273. The molecule has 1 atom stereocenters. The van der Waals surface area contributed by atoms with Crippen molar-refractivity contribution in [3.05, 3.63) is 173 Å². The van der Waals surface area contributed by atoms with Crippen LogP contribution >= 0.6 is 11.3 Å². The molecule has 0 saturated carbocycles. The van der Waals surface area contributed by atoms with E-state index in [4.69, 9.17) is 4.98 Å². The third-order valence-electron chi connectivity index (χ3n) is 11.5. The summed E-state index contributed by atoms with van der Waals surface area (Å²) >= 11 is 1.84. The van der Waals surface area contributed by atoms with Crippen LogP contribution in [0.15, 0.2) is 128 Å². The van der Waals surface area contributed by atoms with E-state index in [9.17, 15) is 0 Å². The predicted octanol–water partition coefficient (Wildman–Crippen LogP) is 14.9. The Morgan fingerprint density at radius 3 is 2.07 bits per heavy atom. The summed E-state index contributed by atoms with van der Waals surface area (Å²) in [7, 11) is -1.47. The van der Waals surface area contributed by atoms with Crippen molar-refractivity contribution in [3.63, 3.8) is 0 Å². The topological polar surface area (TPSA) is 25.8 Å². The minimum Gasteiger partial charge on any atom is -0.305 e. The summed E-state index contributed by atoms with van der Waals surface area (Å²) < 4.78 is 2.59. The number of hydrogen-bond donors (Lipinski definition) is 0. The molecule has 1 radical (unpaired) electrons. The average molecular weight is 999 g/mol. The molecule has 3 aromatic heterocycles. The number of aryl methyl sites for hydroxylation is 2. The summed E-state index contributed by atoms with van der Waals surface area (Å²) in [5, 5.41) is 4.04. The largest absolute Gasteiger partial charge is 0.305 e. The van der Waals surface area contributed by atoms with Crippen molar-refractivity contribution in [2.75, 3.05) is 0 Å². The van der Waals surface area contributed by atoms with Gasteiger partial charge in [0.2, 0.25) is 0 Å². The second-order valence-electron chi connectivity index (χ2n) is 18.7. The third-order valence-corrected chi connectivity index (χ3v) is 14.7. The molecule has 0 fully saturated rings. The molecule has 2 nitrogen and oxygen atoms in total. The molecule has 1 unspecified atom stereocenters. The number of aromatic nitrogens is 2. The first-order chi connectivity index (χ1) is 28.0. The summed E-state index contributed by atoms with van der Waals surface area (Å²) in [6.07, 6.45) is 5.01. The number of rotatable bonds is 8. The van der Waals surface area contributed by atoms with Gasteiger partial charge in [0.25, 0.3) is 0 Å². The molecule has 5 aromatic carbocycles. The number of nitrogens with zero attached hydrogens (tertiary/aromatic N) is 2. The van der Waals surface area contributed by atoms with Crippen molar-refractivity contribution >= 4 is 44.8 Å². The molecule has 3 heterocycles. The SMILES string of the molecule is CC(C)(C)c1cc[c-]c(-c2cc(Cc3ccccc3)c([Si](C)(C)C)cn2)c1.Cc1cc(C)cc(-c2ccc3c(c2)sc2c[c-]c(-c4cc(C(C)C(C)C)ccn4)cc23)c1.[Ir]. The Bertz CT molecular complexity index is 2720. The Balaban J connectivity index is 0.000000201. The van der Waals surface area contributed by atoms with Gasteiger partial charge in [0, 0.05) is 37.2 Å². The molecule has 309 valence electrons. The number of thiophene rings is 1. The zero-order valence-electron chi connectivity index (χ0n) is 37.1. The fourth-order valence-electron chi connectivity index (χ4n) is 7.81. The number of pyridine rings is 2. The van der Waals surface area contributed by atoms with E-state index >= 15 is 0 Å². The van der Waals surface area contributed by atoms with E-state index in [0.29, 0.717) is 11.8 Å². The predicted molar refractivity (Wildman–Crippen MR) is 259 cm³/mol. The van der Waals surface area contributed by atoms with Crippen LogP contribution in [0, 0.1) is 31.9 Å². The van der Waals surface area contributed by atoms with E-state index in [1.165, 1.54) is 69.9 Å². The van der Waals surface area contributed by atoms with E-state index < -0.39 is 8.07 Å². The van der Waals surface area contributed by atoms with E-state index in [2.05, 4.69) is 208 Å². The van der Waals surface area contributed by atoms with Crippen LogP contribution in [0.25, 0.3) is 53.8 Å². The standard InChI is InChI=1S/C30H28NS.C25H30NSi.Ir/c1-18(2)21(5)22-10-11-31-28(16-22)24-7-9-29-27(15-24)26-8-6-23(17-30(26)32-29)25-13-19(3)12-20(4)14-25;1-25(2,3)22-14-10-13-20(16-22)23-17-21(15-19-11-8-7-9-12-19)24(18-26-23)27(4,5)6;/h6,8-18,21H,1-5H3;7-12,14,16-18H,15H2,1-6H3;/q2*-1;. The van der Waals surface area contributed by atoms with Crippen LogP contribution in [0.3, 0.4) is 0 Å². The van der Waals surface area contributed by atoms with Crippen LogP contribution in [0.1, 0.15) is 80.8 Å². The Morgan fingerprint density at radius 2 is 1.38 bits per heavy atom. The minimum atomic E-state index is -1.47. The van der Waals surface area contributed by atoms with Crippen LogP contribution in [0.4, 0.5) is 0 Å². The van der Waals surface area contributed by atoms with Gasteiger partial charge in [0.1, 0.15) is 0 Å². The van der Waals surface area contributed by atoms with Crippen molar-refractivity contribution < 1.29 is 20.1 Å². The van der Waals surface area contributed by atoms with Gasteiger partial charge >= 0.3 is 0 Å².